The van der Waals surface area contributed by atoms with Crippen LogP contribution in [0.5, 0.6) is 5.75 Å². The quantitative estimate of drug-likeness (QED) is 0.553. The lowest BCUT2D eigenvalue weighted by Gasteiger charge is -2.10. The minimum absolute atomic E-state index is 0.0244. The first-order valence-electron chi connectivity index (χ1n) is 10.3. The first-order valence-corrected chi connectivity index (χ1v) is 10.3. The monoisotopic (exact) mass is 402 g/mol. The molecule has 1 amide bonds. The van der Waals surface area contributed by atoms with Gasteiger partial charge in [-0.15, -0.1) is 0 Å². The molecule has 1 aliphatic rings. The van der Waals surface area contributed by atoms with Crippen LogP contribution in [-0.2, 0) is 11.3 Å². The van der Waals surface area contributed by atoms with Crippen molar-refractivity contribution in [2.24, 2.45) is 5.92 Å². The van der Waals surface area contributed by atoms with E-state index in [1.165, 1.54) is 5.56 Å². The van der Waals surface area contributed by atoms with Gasteiger partial charge in [-0.2, -0.15) is 0 Å². The highest BCUT2D eigenvalue weighted by Crippen LogP contribution is 2.30. The van der Waals surface area contributed by atoms with Gasteiger partial charge in [0.05, 0.1) is 0 Å². The first kappa shape index (κ1) is 20.0. The average Bonchev–Trinajstić information content (AvgIpc) is 3.57. The van der Waals surface area contributed by atoms with E-state index < -0.39 is 0 Å². The van der Waals surface area contributed by atoms with Crippen LogP contribution in [0.4, 0.5) is 5.69 Å². The number of carbonyl (C=O) groups is 2. The molecule has 0 spiro atoms. The van der Waals surface area contributed by atoms with E-state index in [-0.39, 0.29) is 24.2 Å². The van der Waals surface area contributed by atoms with Gasteiger partial charge in [-0.05, 0) is 62.6 Å². The van der Waals surface area contributed by atoms with Crippen molar-refractivity contribution >= 4 is 17.4 Å². The molecule has 5 heteroatoms. The summed E-state index contributed by atoms with van der Waals surface area (Å²) in [6.45, 7) is 4.70. The number of nitrogens with zero attached hydrogens (tertiary/aromatic N) is 1. The summed E-state index contributed by atoms with van der Waals surface area (Å²) in [7, 11) is 0. The lowest BCUT2D eigenvalue weighted by molar-refractivity contribution is -0.117. The number of ether oxygens (including phenoxy) is 1. The number of nitrogens with one attached hydrogen (secondary N) is 1. The van der Waals surface area contributed by atoms with Crippen LogP contribution in [0.1, 0.15) is 40.2 Å². The summed E-state index contributed by atoms with van der Waals surface area (Å²) in [6, 6.07) is 19.3. The van der Waals surface area contributed by atoms with Gasteiger partial charge < -0.3 is 14.6 Å². The number of benzene rings is 2. The van der Waals surface area contributed by atoms with Gasteiger partial charge in [0.1, 0.15) is 5.75 Å². The highest BCUT2D eigenvalue weighted by molar-refractivity contribution is 5.98. The largest absolute Gasteiger partial charge is 0.485 e. The maximum absolute atomic E-state index is 12.8. The smallest absolute Gasteiger partial charge is 0.227 e. The second-order valence-electron chi connectivity index (χ2n) is 7.86. The Morgan fingerprint density at radius 2 is 1.73 bits per heavy atom. The molecule has 4 rings (SSSR count). The molecule has 1 aromatic heterocycles. The molecule has 0 bridgehead atoms. The maximum Gasteiger partial charge on any atom is 0.227 e. The number of Topliss-reactive ketones (excluding diaryl/α,β-unsaturated/α-hetero) is 1. The van der Waals surface area contributed by atoms with Gasteiger partial charge in [0.15, 0.2) is 6.61 Å². The molecule has 30 heavy (non-hydrogen) atoms. The average molecular weight is 402 g/mol. The molecule has 3 aromatic rings. The summed E-state index contributed by atoms with van der Waals surface area (Å²) < 4.78 is 7.85. The number of carbonyl (C=O) groups excluding carboxylic acids is 2. The summed E-state index contributed by atoms with van der Waals surface area (Å²) in [5.74, 6) is 0.795. The molecule has 0 radical (unpaired) electrons. The third-order valence-corrected chi connectivity index (χ3v) is 5.50. The summed E-state index contributed by atoms with van der Waals surface area (Å²) in [4.78, 5) is 24.6. The summed E-state index contributed by atoms with van der Waals surface area (Å²) >= 11 is 0. The van der Waals surface area contributed by atoms with E-state index in [1.807, 2.05) is 38.1 Å². The van der Waals surface area contributed by atoms with Gasteiger partial charge in [-0.25, -0.2) is 0 Å². The molecule has 0 unspecified atom stereocenters. The highest BCUT2D eigenvalue weighted by atomic mass is 16.5. The predicted octanol–water partition coefficient (Wildman–Crippen LogP) is 4.76. The van der Waals surface area contributed by atoms with Crippen LogP contribution >= 0.6 is 0 Å². The van der Waals surface area contributed by atoms with Crippen LogP contribution in [0.2, 0.25) is 0 Å². The summed E-state index contributed by atoms with van der Waals surface area (Å²) in [5, 5.41) is 2.89. The normalized spacial score (nSPS) is 13.1. The van der Waals surface area contributed by atoms with E-state index in [2.05, 4.69) is 22.0 Å². The van der Waals surface area contributed by atoms with Crippen molar-refractivity contribution in [3.8, 4) is 5.75 Å². The van der Waals surface area contributed by atoms with E-state index in [0.29, 0.717) is 11.3 Å². The topological polar surface area (TPSA) is 60.3 Å². The molecule has 0 saturated heterocycles. The van der Waals surface area contributed by atoms with E-state index in [1.54, 1.807) is 24.3 Å². The number of rotatable bonds is 8. The van der Waals surface area contributed by atoms with Crippen LogP contribution < -0.4 is 10.1 Å². The Kier molecular flexibility index (Phi) is 5.70. The SMILES string of the molecule is Cc1cc(C(=O)COc2ccc(NC(=O)C3CC3)cc2)c(C)n1Cc1ccccc1. The van der Waals surface area contributed by atoms with Gasteiger partial charge >= 0.3 is 0 Å². The van der Waals surface area contributed by atoms with Gasteiger partial charge in [0, 0.05) is 35.1 Å². The van der Waals surface area contributed by atoms with Gasteiger partial charge in [0.25, 0.3) is 0 Å². The Bertz CT molecular complexity index is 1050. The second-order valence-corrected chi connectivity index (χ2v) is 7.86. The van der Waals surface area contributed by atoms with Crippen LogP contribution in [0.25, 0.3) is 0 Å². The third-order valence-electron chi connectivity index (χ3n) is 5.50. The number of anilines is 1. The fourth-order valence-corrected chi connectivity index (χ4v) is 3.54. The summed E-state index contributed by atoms with van der Waals surface area (Å²) in [5.41, 5.74) is 4.63. The Morgan fingerprint density at radius 1 is 1.03 bits per heavy atom. The standard InChI is InChI=1S/C25H26N2O3/c1-17-14-23(18(2)27(17)15-19-6-4-3-5-7-19)24(28)16-30-22-12-10-21(11-13-22)26-25(29)20-8-9-20/h3-7,10-14,20H,8-9,15-16H2,1-2H3,(H,26,29). The number of aryl methyl sites for hydroxylation is 1. The van der Waals surface area contributed by atoms with Crippen molar-refractivity contribution in [1.29, 1.82) is 0 Å². The Labute approximate surface area is 176 Å². The van der Waals surface area contributed by atoms with Crippen molar-refractivity contribution in [2.45, 2.75) is 33.2 Å². The Hall–Kier alpha value is -3.34. The number of aromatic nitrogens is 1. The Morgan fingerprint density at radius 3 is 2.40 bits per heavy atom. The molecule has 1 N–H and O–H groups in total. The van der Waals surface area contributed by atoms with Crippen molar-refractivity contribution in [2.75, 3.05) is 11.9 Å². The number of hydrogen-bond donors (Lipinski definition) is 1. The van der Waals surface area contributed by atoms with Crippen LogP contribution in [-0.4, -0.2) is 22.9 Å². The van der Waals surface area contributed by atoms with Crippen molar-refractivity contribution in [3.05, 3.63) is 83.2 Å². The molecule has 1 aliphatic carbocycles. The van der Waals surface area contributed by atoms with Gasteiger partial charge in [0.2, 0.25) is 11.7 Å². The first-order chi connectivity index (χ1) is 14.5. The van der Waals surface area contributed by atoms with E-state index in [4.69, 9.17) is 4.74 Å². The molecule has 2 aromatic carbocycles. The number of hydrogen-bond acceptors (Lipinski definition) is 3. The summed E-state index contributed by atoms with van der Waals surface area (Å²) in [6.07, 6.45) is 1.95. The van der Waals surface area contributed by atoms with E-state index >= 15 is 0 Å². The third kappa shape index (κ3) is 4.62. The molecule has 0 atom stereocenters. The Balaban J connectivity index is 1.37. The van der Waals surface area contributed by atoms with Crippen LogP contribution in [0.3, 0.4) is 0 Å². The predicted molar refractivity (Wildman–Crippen MR) is 117 cm³/mol. The fourth-order valence-electron chi connectivity index (χ4n) is 3.54. The van der Waals surface area contributed by atoms with Crippen molar-refractivity contribution in [3.63, 3.8) is 0 Å². The van der Waals surface area contributed by atoms with Crippen LogP contribution in [0.15, 0.2) is 60.7 Å². The van der Waals surface area contributed by atoms with Gasteiger partial charge in [-0.3, -0.25) is 9.59 Å². The molecule has 5 nitrogen and oxygen atoms in total. The zero-order valence-electron chi connectivity index (χ0n) is 17.4. The van der Waals surface area contributed by atoms with Crippen molar-refractivity contribution in [1.82, 2.24) is 4.57 Å². The molecule has 1 heterocycles. The zero-order valence-corrected chi connectivity index (χ0v) is 17.4. The number of ketones is 1. The zero-order chi connectivity index (χ0) is 21.1. The maximum atomic E-state index is 12.8. The molecule has 1 fully saturated rings. The lowest BCUT2D eigenvalue weighted by atomic mass is 10.1. The molecule has 154 valence electrons. The van der Waals surface area contributed by atoms with Gasteiger partial charge in [-0.1, -0.05) is 30.3 Å². The minimum atomic E-state index is -0.0477. The highest BCUT2D eigenvalue weighted by Gasteiger charge is 2.29. The second kappa shape index (κ2) is 8.57. The van der Waals surface area contributed by atoms with Crippen molar-refractivity contribution < 1.29 is 14.3 Å². The fraction of sp³-hybridized carbons (Fsp3) is 0.280. The lowest BCUT2D eigenvalue weighted by Crippen LogP contribution is -2.14. The molecule has 1 saturated carbocycles. The van der Waals surface area contributed by atoms with E-state index in [9.17, 15) is 9.59 Å². The van der Waals surface area contributed by atoms with Crippen LogP contribution in [0, 0.1) is 19.8 Å². The molecular weight excluding hydrogens is 376 g/mol. The van der Waals surface area contributed by atoms with E-state index in [0.717, 1.165) is 36.5 Å². The molecular formula is C25H26N2O3. The molecule has 0 aliphatic heterocycles. The number of amides is 1. The minimum Gasteiger partial charge on any atom is -0.485 e.